The van der Waals surface area contributed by atoms with E-state index in [0.717, 1.165) is 0 Å². The molecule has 0 unspecified atom stereocenters. The summed E-state index contributed by atoms with van der Waals surface area (Å²) >= 11 is 9.23. The van der Waals surface area contributed by atoms with Crippen LogP contribution in [0.25, 0.3) is 11.1 Å². The third kappa shape index (κ3) is 2.39. The van der Waals surface area contributed by atoms with E-state index < -0.39 is 5.76 Å². The van der Waals surface area contributed by atoms with E-state index in [1.165, 1.54) is 6.07 Å². The normalized spacial score (nSPS) is 10.9. The number of benzene rings is 2. The first kappa shape index (κ1) is 13.1. The number of nitrogens with one attached hydrogen (secondary N) is 1. The van der Waals surface area contributed by atoms with Crippen LogP contribution in [0, 0.1) is 0 Å². The summed E-state index contributed by atoms with van der Waals surface area (Å²) in [5.41, 5.74) is 7.15. The van der Waals surface area contributed by atoms with E-state index in [-0.39, 0.29) is 0 Å². The summed E-state index contributed by atoms with van der Waals surface area (Å²) in [4.78, 5) is 13.7. The van der Waals surface area contributed by atoms with E-state index in [1.54, 1.807) is 24.3 Å². The highest BCUT2D eigenvalue weighted by Crippen LogP contribution is 2.35. The van der Waals surface area contributed by atoms with Gasteiger partial charge in [-0.25, -0.2) is 4.79 Å². The summed E-state index contributed by atoms with van der Waals surface area (Å²) in [6, 6.07) is 8.28. The van der Waals surface area contributed by atoms with Crippen LogP contribution in [0.4, 0.5) is 5.69 Å². The Labute approximate surface area is 126 Å². The Morgan fingerprint density at radius 1 is 1.25 bits per heavy atom. The lowest BCUT2D eigenvalue weighted by Gasteiger charge is -2.10. The molecule has 1 aromatic heterocycles. The second kappa shape index (κ2) is 4.88. The Bertz CT molecular complexity index is 856. The molecule has 102 valence electrons. The summed E-state index contributed by atoms with van der Waals surface area (Å²) in [5.74, 6) is 0.438. The molecular formula is C13H8BrClN2O3. The van der Waals surface area contributed by atoms with Crippen molar-refractivity contribution >= 4 is 44.3 Å². The quantitative estimate of drug-likeness (QED) is 0.683. The van der Waals surface area contributed by atoms with Crippen LogP contribution in [-0.2, 0) is 0 Å². The Hall–Kier alpha value is -1.92. The largest absolute Gasteiger partial charge is 0.454 e. The van der Waals surface area contributed by atoms with Gasteiger partial charge in [0.25, 0.3) is 0 Å². The molecule has 1 heterocycles. The molecule has 0 bridgehead atoms. The van der Waals surface area contributed by atoms with Gasteiger partial charge < -0.3 is 14.9 Å². The summed E-state index contributed by atoms with van der Waals surface area (Å²) in [6.07, 6.45) is 0. The second-order valence-corrected chi connectivity index (χ2v) is 5.37. The number of anilines is 1. The standard InChI is InChI=1S/C13H8BrClN2O3/c14-7-3-6(15)1-2-10(7)19-11-5-9-12(4-8(11)16)20-13(18)17-9/h1-5H,16H2,(H,17,18). The predicted molar refractivity (Wildman–Crippen MR) is 80.5 cm³/mol. The van der Waals surface area contributed by atoms with Crippen molar-refractivity contribution in [2.75, 3.05) is 5.73 Å². The van der Waals surface area contributed by atoms with Gasteiger partial charge in [0.1, 0.15) is 5.75 Å². The van der Waals surface area contributed by atoms with Crippen LogP contribution >= 0.6 is 27.5 Å². The van der Waals surface area contributed by atoms with Crippen LogP contribution in [-0.4, -0.2) is 4.98 Å². The maximum atomic E-state index is 11.1. The first-order valence-corrected chi connectivity index (χ1v) is 6.75. The Morgan fingerprint density at radius 2 is 2.05 bits per heavy atom. The maximum Gasteiger partial charge on any atom is 0.417 e. The molecule has 0 radical (unpaired) electrons. The van der Waals surface area contributed by atoms with Crippen molar-refractivity contribution in [3.8, 4) is 11.5 Å². The number of fused-ring (bicyclic) bond motifs is 1. The highest BCUT2D eigenvalue weighted by atomic mass is 79.9. The molecule has 0 aliphatic heterocycles. The minimum atomic E-state index is -0.538. The zero-order valence-electron chi connectivity index (χ0n) is 9.94. The number of H-pyrrole nitrogens is 1. The summed E-state index contributed by atoms with van der Waals surface area (Å²) in [7, 11) is 0. The number of aromatic nitrogens is 1. The summed E-state index contributed by atoms with van der Waals surface area (Å²) in [6.45, 7) is 0. The number of nitrogen functional groups attached to an aromatic ring is 1. The first-order chi connectivity index (χ1) is 9.52. The third-order valence-corrected chi connectivity index (χ3v) is 3.52. The van der Waals surface area contributed by atoms with Crippen molar-refractivity contribution in [3.05, 3.63) is 50.4 Å². The van der Waals surface area contributed by atoms with Gasteiger partial charge in [0.05, 0.1) is 15.7 Å². The lowest BCUT2D eigenvalue weighted by atomic mass is 10.2. The van der Waals surface area contributed by atoms with Crippen molar-refractivity contribution in [1.82, 2.24) is 4.98 Å². The molecule has 0 aliphatic carbocycles. The minimum Gasteiger partial charge on any atom is -0.454 e. The average Bonchev–Trinajstić information content (AvgIpc) is 2.72. The molecule has 2 aromatic carbocycles. The van der Waals surface area contributed by atoms with Crippen LogP contribution in [0.2, 0.25) is 5.02 Å². The monoisotopic (exact) mass is 354 g/mol. The van der Waals surface area contributed by atoms with E-state index in [2.05, 4.69) is 20.9 Å². The van der Waals surface area contributed by atoms with Crippen LogP contribution in [0.1, 0.15) is 0 Å². The van der Waals surface area contributed by atoms with E-state index in [0.29, 0.717) is 37.8 Å². The average molecular weight is 356 g/mol. The number of nitrogens with two attached hydrogens (primary N) is 1. The van der Waals surface area contributed by atoms with Gasteiger partial charge in [-0.1, -0.05) is 11.6 Å². The molecule has 0 amide bonds. The first-order valence-electron chi connectivity index (χ1n) is 5.58. The van der Waals surface area contributed by atoms with Crippen molar-refractivity contribution in [1.29, 1.82) is 0 Å². The van der Waals surface area contributed by atoms with Gasteiger partial charge in [-0.3, -0.25) is 4.98 Å². The van der Waals surface area contributed by atoms with Gasteiger partial charge in [-0.05, 0) is 34.1 Å². The number of aromatic amines is 1. The molecule has 5 nitrogen and oxygen atoms in total. The molecule has 0 fully saturated rings. The molecule has 0 saturated heterocycles. The molecule has 20 heavy (non-hydrogen) atoms. The van der Waals surface area contributed by atoms with Crippen molar-refractivity contribution < 1.29 is 9.15 Å². The van der Waals surface area contributed by atoms with Gasteiger partial charge in [0.15, 0.2) is 11.3 Å². The zero-order chi connectivity index (χ0) is 14.3. The molecule has 0 aliphatic rings. The van der Waals surface area contributed by atoms with E-state index >= 15 is 0 Å². The topological polar surface area (TPSA) is 81.2 Å². The highest BCUT2D eigenvalue weighted by molar-refractivity contribution is 9.10. The number of oxazole rings is 1. The number of hydrogen-bond acceptors (Lipinski definition) is 4. The fourth-order valence-corrected chi connectivity index (χ4v) is 2.52. The predicted octanol–water partition coefficient (Wildman–Crippen LogP) is 3.91. The van der Waals surface area contributed by atoms with Crippen molar-refractivity contribution in [2.45, 2.75) is 0 Å². The summed E-state index contributed by atoms with van der Waals surface area (Å²) < 4.78 is 11.3. The smallest absolute Gasteiger partial charge is 0.417 e. The van der Waals surface area contributed by atoms with E-state index in [4.69, 9.17) is 26.5 Å². The van der Waals surface area contributed by atoms with Crippen molar-refractivity contribution in [3.63, 3.8) is 0 Å². The van der Waals surface area contributed by atoms with E-state index in [1.807, 2.05) is 0 Å². The lowest BCUT2D eigenvalue weighted by Crippen LogP contribution is -1.94. The SMILES string of the molecule is Nc1cc2oc(=O)[nH]c2cc1Oc1ccc(Cl)cc1Br. The number of ether oxygens (including phenoxy) is 1. The van der Waals surface area contributed by atoms with Crippen LogP contribution in [0.15, 0.2) is 44.0 Å². The Morgan fingerprint density at radius 3 is 2.80 bits per heavy atom. The maximum absolute atomic E-state index is 11.1. The fraction of sp³-hybridized carbons (Fsp3) is 0. The lowest BCUT2D eigenvalue weighted by molar-refractivity contribution is 0.482. The molecule has 0 atom stereocenters. The van der Waals surface area contributed by atoms with Gasteiger partial charge in [-0.2, -0.15) is 0 Å². The molecule has 3 aromatic rings. The number of halogens is 2. The van der Waals surface area contributed by atoms with Crippen LogP contribution < -0.4 is 16.2 Å². The third-order valence-electron chi connectivity index (χ3n) is 2.67. The Kier molecular flexibility index (Phi) is 3.19. The molecular weight excluding hydrogens is 348 g/mol. The molecule has 7 heteroatoms. The number of rotatable bonds is 2. The fourth-order valence-electron chi connectivity index (χ4n) is 1.76. The van der Waals surface area contributed by atoms with Crippen LogP contribution in [0.5, 0.6) is 11.5 Å². The Balaban J connectivity index is 2.05. The van der Waals surface area contributed by atoms with Gasteiger partial charge in [-0.15, -0.1) is 0 Å². The molecule has 0 spiro atoms. The molecule has 3 N–H and O–H groups in total. The van der Waals surface area contributed by atoms with Crippen LogP contribution in [0.3, 0.4) is 0 Å². The van der Waals surface area contributed by atoms with E-state index in [9.17, 15) is 4.79 Å². The molecule has 0 saturated carbocycles. The second-order valence-electron chi connectivity index (χ2n) is 4.08. The minimum absolute atomic E-state index is 0.363. The summed E-state index contributed by atoms with van der Waals surface area (Å²) in [5, 5.41) is 0.590. The zero-order valence-corrected chi connectivity index (χ0v) is 12.3. The highest BCUT2D eigenvalue weighted by Gasteiger charge is 2.10. The van der Waals surface area contributed by atoms with Gasteiger partial charge in [0.2, 0.25) is 0 Å². The van der Waals surface area contributed by atoms with Gasteiger partial charge >= 0.3 is 5.76 Å². The van der Waals surface area contributed by atoms with Crippen molar-refractivity contribution in [2.24, 2.45) is 0 Å². The molecule has 3 rings (SSSR count). The number of hydrogen-bond donors (Lipinski definition) is 2. The van der Waals surface area contributed by atoms with Gasteiger partial charge in [0, 0.05) is 17.2 Å².